The van der Waals surface area contributed by atoms with Gasteiger partial charge in [0.1, 0.15) is 17.7 Å². The van der Waals surface area contributed by atoms with E-state index in [2.05, 4.69) is 20.7 Å². The van der Waals surface area contributed by atoms with Crippen LogP contribution in [0.5, 0.6) is 11.6 Å². The number of hydrogen-bond donors (Lipinski definition) is 1. The van der Waals surface area contributed by atoms with Crippen molar-refractivity contribution in [2.45, 2.75) is 38.4 Å². The summed E-state index contributed by atoms with van der Waals surface area (Å²) in [5, 5.41) is 11.7. The lowest BCUT2D eigenvalue weighted by Gasteiger charge is -2.24. The van der Waals surface area contributed by atoms with Gasteiger partial charge in [0.25, 0.3) is 0 Å². The minimum atomic E-state index is -0.751. The number of anilines is 1. The average Bonchev–Trinajstić information content (AvgIpc) is 3.58. The van der Waals surface area contributed by atoms with Gasteiger partial charge in [-0.3, -0.25) is 4.90 Å². The van der Waals surface area contributed by atoms with E-state index in [4.69, 9.17) is 25.9 Å². The predicted octanol–water partition coefficient (Wildman–Crippen LogP) is 4.28. The number of nitrogens with zero attached hydrogens (tertiary/aromatic N) is 6. The van der Waals surface area contributed by atoms with Crippen molar-refractivity contribution >= 4 is 27.9 Å². The SMILES string of the molecule is C#Cc1c(F)ccc2cc(O)cc(Cn3cnc4c(OCC5(CN6CC[C@@H](F)C6)CC5)nc(N5CCCOCC5)nc43)c12. The van der Waals surface area contributed by atoms with Crippen LogP contribution in [-0.4, -0.2) is 88.2 Å². The van der Waals surface area contributed by atoms with Crippen LogP contribution in [0.2, 0.25) is 0 Å². The molecule has 0 spiro atoms. The maximum absolute atomic E-state index is 14.7. The molecule has 2 saturated heterocycles. The lowest BCUT2D eigenvalue weighted by molar-refractivity contribution is 0.152. The first-order chi connectivity index (χ1) is 20.9. The second kappa shape index (κ2) is 11.2. The van der Waals surface area contributed by atoms with Crippen LogP contribution in [-0.2, 0) is 11.3 Å². The molecule has 1 aliphatic carbocycles. The van der Waals surface area contributed by atoms with Crippen molar-refractivity contribution in [3.8, 4) is 24.0 Å². The van der Waals surface area contributed by atoms with Crippen LogP contribution in [0.1, 0.15) is 36.8 Å². The number of terminal acetylenes is 1. The Morgan fingerprint density at radius 1 is 1.16 bits per heavy atom. The molecule has 1 N–H and O–H groups in total. The largest absolute Gasteiger partial charge is 0.508 e. The topological polar surface area (TPSA) is 88.8 Å². The molecule has 0 radical (unpaired) electrons. The number of ether oxygens (including phenoxy) is 2. The molecule has 224 valence electrons. The van der Waals surface area contributed by atoms with Gasteiger partial charge in [0.15, 0.2) is 11.2 Å². The third kappa shape index (κ3) is 5.57. The van der Waals surface area contributed by atoms with E-state index in [1.807, 2.05) is 4.57 Å². The van der Waals surface area contributed by atoms with E-state index < -0.39 is 12.0 Å². The Balaban J connectivity index is 1.25. The molecule has 2 aromatic heterocycles. The number of likely N-dealkylation sites (tertiary alicyclic amines) is 1. The first-order valence-electron chi connectivity index (χ1n) is 14.9. The first kappa shape index (κ1) is 27.8. The first-order valence-corrected chi connectivity index (χ1v) is 14.9. The Morgan fingerprint density at radius 2 is 2.05 bits per heavy atom. The molecular formula is C32H34F2N6O3. The van der Waals surface area contributed by atoms with Crippen molar-refractivity contribution in [3.63, 3.8) is 0 Å². The highest BCUT2D eigenvalue weighted by atomic mass is 19.1. The molecule has 0 unspecified atom stereocenters. The monoisotopic (exact) mass is 588 g/mol. The normalized spacial score (nSPS) is 20.4. The summed E-state index contributed by atoms with van der Waals surface area (Å²) in [7, 11) is 0. The summed E-state index contributed by atoms with van der Waals surface area (Å²) in [4.78, 5) is 18.7. The van der Waals surface area contributed by atoms with Crippen LogP contribution >= 0.6 is 0 Å². The zero-order chi connectivity index (χ0) is 29.6. The number of benzene rings is 2. The van der Waals surface area contributed by atoms with E-state index in [9.17, 15) is 13.9 Å². The summed E-state index contributed by atoms with van der Waals surface area (Å²) in [6.45, 7) is 5.41. The zero-order valence-corrected chi connectivity index (χ0v) is 23.9. The fourth-order valence-electron chi connectivity index (χ4n) is 6.32. The maximum Gasteiger partial charge on any atom is 0.247 e. The van der Waals surface area contributed by atoms with E-state index in [0.717, 1.165) is 38.9 Å². The van der Waals surface area contributed by atoms with Crippen molar-refractivity contribution in [2.24, 2.45) is 5.41 Å². The van der Waals surface area contributed by atoms with E-state index in [1.54, 1.807) is 24.5 Å². The number of aromatic hydroxyl groups is 1. The van der Waals surface area contributed by atoms with Crippen molar-refractivity contribution in [2.75, 3.05) is 57.4 Å². The lowest BCUT2D eigenvalue weighted by Crippen LogP contribution is -2.32. The van der Waals surface area contributed by atoms with Gasteiger partial charge in [0.05, 0.1) is 31.6 Å². The molecule has 2 aromatic carbocycles. The zero-order valence-electron chi connectivity index (χ0n) is 23.9. The molecule has 11 heteroatoms. The Hall–Kier alpha value is -4.01. The highest BCUT2D eigenvalue weighted by molar-refractivity contribution is 5.92. The van der Waals surface area contributed by atoms with Crippen LogP contribution in [0, 0.1) is 23.6 Å². The molecule has 2 aliphatic heterocycles. The van der Waals surface area contributed by atoms with Gasteiger partial charge in [-0.15, -0.1) is 6.42 Å². The van der Waals surface area contributed by atoms with Crippen molar-refractivity contribution in [1.29, 1.82) is 0 Å². The second-order valence-electron chi connectivity index (χ2n) is 12.0. The summed E-state index contributed by atoms with van der Waals surface area (Å²) >= 11 is 0. The molecule has 3 fully saturated rings. The van der Waals surface area contributed by atoms with Gasteiger partial charge >= 0.3 is 0 Å². The molecule has 4 aromatic rings. The molecule has 1 atom stereocenters. The number of hydrogen-bond acceptors (Lipinski definition) is 8. The second-order valence-corrected chi connectivity index (χ2v) is 12.0. The minimum absolute atomic E-state index is 0.0172. The molecule has 43 heavy (non-hydrogen) atoms. The van der Waals surface area contributed by atoms with Crippen LogP contribution < -0.4 is 9.64 Å². The molecule has 4 heterocycles. The standard InChI is InChI=1S/C32H34F2N6O3/c1-2-25-26(34)5-4-21-14-24(41)15-22(27(21)25)16-40-20-35-28-29(40)36-31(39-9-3-12-42-13-11-39)37-30(28)43-19-32(7-8-32)18-38-10-6-23(33)17-38/h1,4-5,14-15,20,23,41H,3,6-13,16-19H2/t23-/m1/s1. The smallest absolute Gasteiger partial charge is 0.247 e. The van der Waals surface area contributed by atoms with Crippen LogP contribution in [0.25, 0.3) is 21.9 Å². The summed E-state index contributed by atoms with van der Waals surface area (Å²) in [5.41, 5.74) is 1.85. The fourth-order valence-corrected chi connectivity index (χ4v) is 6.32. The van der Waals surface area contributed by atoms with Gasteiger partial charge < -0.3 is 24.0 Å². The molecule has 3 aliphatic rings. The number of imidazole rings is 1. The van der Waals surface area contributed by atoms with Crippen molar-refractivity contribution in [3.05, 3.63) is 47.5 Å². The van der Waals surface area contributed by atoms with E-state index >= 15 is 0 Å². The molecule has 0 bridgehead atoms. The Morgan fingerprint density at radius 3 is 2.84 bits per heavy atom. The summed E-state index contributed by atoms with van der Waals surface area (Å²) in [5.74, 6) is 2.96. The van der Waals surface area contributed by atoms with E-state index in [-0.39, 0.29) is 23.3 Å². The number of halogens is 2. The van der Waals surface area contributed by atoms with Crippen LogP contribution in [0.4, 0.5) is 14.7 Å². The number of rotatable bonds is 8. The van der Waals surface area contributed by atoms with E-state index in [1.165, 1.54) is 6.07 Å². The molecule has 1 saturated carbocycles. The number of alkyl halides is 1. The molecule has 7 rings (SSSR count). The number of phenols is 1. The van der Waals surface area contributed by atoms with Crippen LogP contribution in [0.3, 0.4) is 0 Å². The maximum atomic E-state index is 14.7. The van der Waals surface area contributed by atoms with Gasteiger partial charge in [0, 0.05) is 50.1 Å². The van der Waals surface area contributed by atoms with Gasteiger partial charge in [-0.05, 0) is 54.8 Å². The van der Waals surface area contributed by atoms with Gasteiger partial charge in [0.2, 0.25) is 11.8 Å². The van der Waals surface area contributed by atoms with Gasteiger partial charge in [-0.1, -0.05) is 12.0 Å². The predicted molar refractivity (Wildman–Crippen MR) is 159 cm³/mol. The van der Waals surface area contributed by atoms with Gasteiger partial charge in [-0.25, -0.2) is 13.8 Å². The van der Waals surface area contributed by atoms with Crippen LogP contribution in [0.15, 0.2) is 30.6 Å². The van der Waals surface area contributed by atoms with E-state index in [0.29, 0.717) is 78.7 Å². The highest BCUT2D eigenvalue weighted by Gasteiger charge is 2.46. The summed E-state index contributed by atoms with van der Waals surface area (Å²) < 4.78 is 42.5. The van der Waals surface area contributed by atoms with Gasteiger partial charge in [-0.2, -0.15) is 9.97 Å². The lowest BCUT2D eigenvalue weighted by atomic mass is 9.98. The quantitative estimate of drug-likeness (QED) is 0.305. The Labute approximate surface area is 248 Å². The third-order valence-electron chi connectivity index (χ3n) is 8.79. The fraction of sp³-hybridized carbons (Fsp3) is 0.469. The molecular weight excluding hydrogens is 554 g/mol. The third-order valence-corrected chi connectivity index (χ3v) is 8.79. The molecule has 0 amide bonds. The molecule has 9 nitrogen and oxygen atoms in total. The summed E-state index contributed by atoms with van der Waals surface area (Å²) in [6, 6.07) is 6.09. The highest BCUT2D eigenvalue weighted by Crippen LogP contribution is 2.47. The Kier molecular flexibility index (Phi) is 7.27. The number of fused-ring (bicyclic) bond motifs is 2. The number of aromatic nitrogens is 4. The summed E-state index contributed by atoms with van der Waals surface area (Å²) in [6.07, 6.45) is 10.1. The van der Waals surface area contributed by atoms with Crippen molar-refractivity contribution in [1.82, 2.24) is 24.4 Å². The number of phenolic OH excluding ortho intramolecular Hbond substituents is 1. The Bertz CT molecular complexity index is 1710. The average molecular weight is 589 g/mol. The van der Waals surface area contributed by atoms with Crippen molar-refractivity contribution < 1.29 is 23.4 Å². The minimum Gasteiger partial charge on any atom is -0.508 e.